The summed E-state index contributed by atoms with van der Waals surface area (Å²) in [5.74, 6) is -1.45. The third-order valence-electron chi connectivity index (χ3n) is 7.54. The molecule has 2 aromatic carbocycles. The van der Waals surface area contributed by atoms with E-state index in [1.165, 1.54) is 6.07 Å². The van der Waals surface area contributed by atoms with Gasteiger partial charge in [0, 0.05) is 70.9 Å². The van der Waals surface area contributed by atoms with Crippen LogP contribution in [0.2, 0.25) is 10.0 Å². The van der Waals surface area contributed by atoms with Crippen molar-refractivity contribution in [2.75, 3.05) is 59.5 Å². The molecule has 6 nitrogen and oxygen atoms in total. The minimum atomic E-state index is -4.76. The number of likely N-dealkylation sites (tertiary alicyclic amines) is 1. The first-order chi connectivity index (χ1) is 18.5. The molecule has 4 rings (SSSR count). The van der Waals surface area contributed by atoms with E-state index in [0.717, 1.165) is 37.3 Å². The maximum Gasteiger partial charge on any atom is 0.419 e. The van der Waals surface area contributed by atoms with Gasteiger partial charge in [-0.25, -0.2) is 9.18 Å². The van der Waals surface area contributed by atoms with Crippen LogP contribution in [-0.2, 0) is 12.7 Å². The predicted octanol–water partition coefficient (Wildman–Crippen LogP) is 5.17. The number of aliphatic hydroxyl groups is 1. The number of likely N-dealkylation sites (N-methyl/N-ethyl adjacent to an activating group) is 1. The fourth-order valence-corrected chi connectivity index (χ4v) is 5.72. The average Bonchev–Trinajstić information content (AvgIpc) is 3.34. The van der Waals surface area contributed by atoms with E-state index in [0.29, 0.717) is 48.2 Å². The van der Waals surface area contributed by atoms with Gasteiger partial charge in [-0.05, 0) is 48.9 Å². The summed E-state index contributed by atoms with van der Waals surface area (Å²) in [7, 11) is 1.82. The Bertz CT molecular complexity index is 1160. The Morgan fingerprint density at radius 1 is 1.03 bits per heavy atom. The highest BCUT2D eigenvalue weighted by Gasteiger charge is 2.40. The van der Waals surface area contributed by atoms with Crippen molar-refractivity contribution in [2.45, 2.75) is 31.1 Å². The molecule has 0 aliphatic carbocycles. The van der Waals surface area contributed by atoms with E-state index in [-0.39, 0.29) is 31.1 Å². The van der Waals surface area contributed by atoms with Crippen LogP contribution in [0, 0.1) is 5.82 Å². The number of carbonyl (C=O) groups excluding carboxylic acids is 1. The zero-order valence-corrected chi connectivity index (χ0v) is 23.1. The molecule has 0 radical (unpaired) electrons. The summed E-state index contributed by atoms with van der Waals surface area (Å²) in [5.41, 5.74) is 0.000297. The van der Waals surface area contributed by atoms with Gasteiger partial charge in [0.1, 0.15) is 5.82 Å². The number of piperazine rings is 1. The van der Waals surface area contributed by atoms with Crippen molar-refractivity contribution in [3.63, 3.8) is 0 Å². The van der Waals surface area contributed by atoms with Gasteiger partial charge in [-0.1, -0.05) is 35.3 Å². The van der Waals surface area contributed by atoms with Crippen molar-refractivity contribution in [3.8, 4) is 0 Å². The largest absolute Gasteiger partial charge is 0.419 e. The summed E-state index contributed by atoms with van der Waals surface area (Å²) in [5, 5.41) is 9.88. The van der Waals surface area contributed by atoms with E-state index in [2.05, 4.69) is 4.90 Å². The quantitative estimate of drug-likeness (QED) is 0.452. The van der Waals surface area contributed by atoms with Crippen molar-refractivity contribution in [1.82, 2.24) is 19.6 Å². The predicted molar refractivity (Wildman–Crippen MR) is 143 cm³/mol. The van der Waals surface area contributed by atoms with Crippen LogP contribution in [0.5, 0.6) is 0 Å². The Hall–Kier alpha value is -2.11. The zero-order valence-electron chi connectivity index (χ0n) is 21.6. The first-order valence-corrected chi connectivity index (χ1v) is 13.6. The fourth-order valence-electron chi connectivity index (χ4n) is 5.41. The minimum Gasteiger partial charge on any atom is -0.396 e. The summed E-state index contributed by atoms with van der Waals surface area (Å²) in [6.07, 6.45) is -4.06. The number of rotatable bonds is 7. The number of nitrogens with zero attached hydrogens (tertiary/aromatic N) is 4. The molecular formula is C27H32Cl2F4N4O2. The van der Waals surface area contributed by atoms with Crippen LogP contribution in [0.1, 0.15) is 29.0 Å². The molecule has 2 heterocycles. The third-order valence-corrected chi connectivity index (χ3v) is 8.28. The zero-order chi connectivity index (χ0) is 28.3. The number of benzene rings is 2. The van der Waals surface area contributed by atoms with Gasteiger partial charge < -0.3 is 14.9 Å². The van der Waals surface area contributed by atoms with E-state index in [9.17, 15) is 22.4 Å². The molecule has 1 N–H and O–H groups in total. The Labute approximate surface area is 235 Å². The van der Waals surface area contributed by atoms with Crippen molar-refractivity contribution >= 4 is 29.2 Å². The molecule has 2 amide bonds. The topological polar surface area (TPSA) is 50.3 Å². The molecule has 2 fully saturated rings. The second-order valence-electron chi connectivity index (χ2n) is 10.2. The monoisotopic (exact) mass is 590 g/mol. The lowest BCUT2D eigenvalue weighted by molar-refractivity contribution is -0.140. The molecule has 39 heavy (non-hydrogen) atoms. The second-order valence-corrected chi connectivity index (χ2v) is 11.0. The summed E-state index contributed by atoms with van der Waals surface area (Å²) < 4.78 is 53.3. The van der Waals surface area contributed by atoms with Crippen molar-refractivity contribution < 1.29 is 27.5 Å². The number of halogens is 6. The van der Waals surface area contributed by atoms with Crippen LogP contribution in [0.15, 0.2) is 36.4 Å². The number of amides is 2. The van der Waals surface area contributed by atoms with Gasteiger partial charge in [-0.15, -0.1) is 0 Å². The van der Waals surface area contributed by atoms with Crippen LogP contribution in [-0.4, -0.2) is 96.2 Å². The molecular weight excluding hydrogens is 559 g/mol. The van der Waals surface area contributed by atoms with Gasteiger partial charge in [-0.3, -0.25) is 9.80 Å². The van der Waals surface area contributed by atoms with Gasteiger partial charge >= 0.3 is 12.2 Å². The fraction of sp³-hybridized carbons (Fsp3) is 0.519. The molecule has 2 atom stereocenters. The smallest absolute Gasteiger partial charge is 0.396 e. The molecule has 0 bridgehead atoms. The van der Waals surface area contributed by atoms with Gasteiger partial charge in [0.2, 0.25) is 0 Å². The highest BCUT2D eigenvalue weighted by Crippen LogP contribution is 2.36. The SMILES string of the molecule is CN(Cc1ccc(C(F)(F)F)c(F)c1)[C@@H]1CN(C(=O)N2CCN(CCCO)CC2)C[C@@H]1c1ccc(Cl)c(Cl)c1. The van der Waals surface area contributed by atoms with E-state index in [4.69, 9.17) is 28.3 Å². The Kier molecular flexibility index (Phi) is 9.65. The Balaban J connectivity index is 1.51. The van der Waals surface area contributed by atoms with E-state index < -0.39 is 17.6 Å². The van der Waals surface area contributed by atoms with Crippen LogP contribution >= 0.6 is 23.2 Å². The summed E-state index contributed by atoms with van der Waals surface area (Å²) in [6.45, 7) is 4.59. The lowest BCUT2D eigenvalue weighted by Gasteiger charge is -2.36. The molecule has 2 aliphatic rings. The molecule has 12 heteroatoms. The second kappa shape index (κ2) is 12.6. The van der Waals surface area contributed by atoms with Crippen molar-refractivity contribution in [3.05, 3.63) is 69.0 Å². The van der Waals surface area contributed by atoms with Crippen LogP contribution in [0.25, 0.3) is 0 Å². The van der Waals surface area contributed by atoms with Crippen molar-refractivity contribution in [1.29, 1.82) is 0 Å². The van der Waals surface area contributed by atoms with Crippen LogP contribution in [0.4, 0.5) is 22.4 Å². The Morgan fingerprint density at radius 2 is 1.74 bits per heavy atom. The first-order valence-electron chi connectivity index (χ1n) is 12.9. The normalized spacial score (nSPS) is 20.7. The van der Waals surface area contributed by atoms with Crippen molar-refractivity contribution in [2.24, 2.45) is 0 Å². The highest BCUT2D eigenvalue weighted by molar-refractivity contribution is 6.42. The molecule has 2 aliphatic heterocycles. The molecule has 2 saturated heterocycles. The van der Waals surface area contributed by atoms with Crippen LogP contribution in [0.3, 0.4) is 0 Å². The van der Waals surface area contributed by atoms with Gasteiger partial charge in [0.05, 0.1) is 15.6 Å². The minimum absolute atomic E-state index is 0.0710. The first kappa shape index (κ1) is 29.9. The standard InChI is InChI=1S/C27H32Cl2F4N4O2/c1-34(15-18-3-5-21(24(30)13-18)27(31,32)33)25-17-37(16-20(25)19-4-6-22(28)23(29)14-19)26(39)36-10-8-35(9-11-36)7-2-12-38/h3-6,13-14,20,25,38H,2,7-12,15-17H2,1H3/t20-,25-/m1/s1. The number of hydrogen-bond acceptors (Lipinski definition) is 4. The number of aliphatic hydroxyl groups excluding tert-OH is 1. The molecule has 0 unspecified atom stereocenters. The average molecular weight is 591 g/mol. The molecule has 214 valence electrons. The number of carbonyl (C=O) groups is 1. The number of urea groups is 1. The summed E-state index contributed by atoms with van der Waals surface area (Å²) in [6, 6.07) is 8.05. The maximum absolute atomic E-state index is 14.2. The maximum atomic E-state index is 14.2. The summed E-state index contributed by atoms with van der Waals surface area (Å²) in [4.78, 5) is 21.3. The van der Waals surface area contributed by atoms with Gasteiger partial charge in [0.15, 0.2) is 0 Å². The molecule has 0 spiro atoms. The van der Waals surface area contributed by atoms with Gasteiger partial charge in [0.25, 0.3) is 0 Å². The third kappa shape index (κ3) is 7.16. The molecule has 2 aromatic rings. The lowest BCUT2D eigenvalue weighted by Crippen LogP contribution is -2.52. The molecule has 0 aromatic heterocycles. The number of hydrogen-bond donors (Lipinski definition) is 1. The molecule has 0 saturated carbocycles. The van der Waals surface area contributed by atoms with E-state index in [1.54, 1.807) is 17.0 Å². The Morgan fingerprint density at radius 3 is 2.36 bits per heavy atom. The highest BCUT2D eigenvalue weighted by atomic mass is 35.5. The van der Waals surface area contributed by atoms with E-state index >= 15 is 0 Å². The van der Waals surface area contributed by atoms with Crippen LogP contribution < -0.4 is 0 Å². The number of alkyl halides is 3. The lowest BCUT2D eigenvalue weighted by atomic mass is 9.93. The van der Waals surface area contributed by atoms with Gasteiger partial charge in [-0.2, -0.15) is 13.2 Å². The van der Waals surface area contributed by atoms with E-state index in [1.807, 2.05) is 22.9 Å². The summed E-state index contributed by atoms with van der Waals surface area (Å²) >= 11 is 12.4.